The van der Waals surface area contributed by atoms with Crippen molar-refractivity contribution < 1.29 is 9.47 Å². The van der Waals surface area contributed by atoms with Crippen LogP contribution in [0.2, 0.25) is 0 Å². The molecule has 156 valence electrons. The van der Waals surface area contributed by atoms with Gasteiger partial charge in [-0.3, -0.25) is 4.99 Å². The normalized spacial score (nSPS) is 21.1. The van der Waals surface area contributed by atoms with Crippen molar-refractivity contribution in [2.24, 2.45) is 4.99 Å². The van der Waals surface area contributed by atoms with Gasteiger partial charge >= 0.3 is 0 Å². The van der Waals surface area contributed by atoms with Crippen LogP contribution in [0, 0.1) is 0 Å². The van der Waals surface area contributed by atoms with Crippen molar-refractivity contribution in [3.63, 3.8) is 0 Å². The lowest BCUT2D eigenvalue weighted by Crippen LogP contribution is -2.39. The second kappa shape index (κ2) is 11.3. The summed E-state index contributed by atoms with van der Waals surface area (Å²) in [6, 6.07) is 9.05. The lowest BCUT2D eigenvalue weighted by molar-refractivity contribution is 0.0168. The number of anilines is 1. The number of nitrogens with zero attached hydrogens (tertiary/aromatic N) is 2. The summed E-state index contributed by atoms with van der Waals surface area (Å²) in [6.45, 7) is 7.71. The van der Waals surface area contributed by atoms with Gasteiger partial charge < -0.3 is 25.0 Å². The van der Waals surface area contributed by atoms with Crippen molar-refractivity contribution in [1.82, 2.24) is 10.6 Å². The van der Waals surface area contributed by atoms with Gasteiger partial charge in [-0.25, -0.2) is 0 Å². The number of hydrogen-bond donors (Lipinski definition) is 2. The van der Waals surface area contributed by atoms with Gasteiger partial charge in [-0.1, -0.05) is 12.1 Å². The molecule has 1 aromatic rings. The molecule has 2 N–H and O–H groups in total. The first-order chi connectivity index (χ1) is 13.8. The number of aliphatic imine (C=N–C) groups is 1. The van der Waals surface area contributed by atoms with Gasteiger partial charge in [0.25, 0.3) is 0 Å². The Kier molecular flexibility index (Phi) is 8.42. The van der Waals surface area contributed by atoms with Crippen LogP contribution in [0.3, 0.4) is 0 Å². The van der Waals surface area contributed by atoms with Crippen LogP contribution in [0.5, 0.6) is 0 Å². The Hall–Kier alpha value is -1.79. The molecule has 0 spiro atoms. The molecule has 3 rings (SSSR count). The van der Waals surface area contributed by atoms with Crippen molar-refractivity contribution in [2.45, 2.75) is 51.2 Å². The fourth-order valence-electron chi connectivity index (χ4n) is 3.82. The molecule has 2 heterocycles. The van der Waals surface area contributed by atoms with Gasteiger partial charge in [0.1, 0.15) is 0 Å². The maximum atomic E-state index is 5.72. The van der Waals surface area contributed by atoms with Crippen LogP contribution in [-0.2, 0) is 9.47 Å². The van der Waals surface area contributed by atoms with Gasteiger partial charge in [0.05, 0.1) is 18.8 Å². The minimum atomic E-state index is 0.199. The number of rotatable bonds is 9. The summed E-state index contributed by atoms with van der Waals surface area (Å²) in [4.78, 5) is 6.83. The van der Waals surface area contributed by atoms with Crippen LogP contribution in [0.4, 0.5) is 5.69 Å². The van der Waals surface area contributed by atoms with Crippen LogP contribution in [0.1, 0.15) is 50.6 Å². The number of hydrogen-bond acceptors (Lipinski definition) is 4. The molecule has 2 aliphatic heterocycles. The van der Waals surface area contributed by atoms with Gasteiger partial charge in [0.15, 0.2) is 5.96 Å². The Balaban J connectivity index is 1.37. The van der Waals surface area contributed by atoms with E-state index in [4.69, 9.17) is 9.47 Å². The van der Waals surface area contributed by atoms with Crippen molar-refractivity contribution in [3.05, 3.63) is 29.8 Å². The predicted octanol–water partition coefficient (Wildman–Crippen LogP) is 3.10. The van der Waals surface area contributed by atoms with Crippen molar-refractivity contribution in [3.8, 4) is 0 Å². The minimum absolute atomic E-state index is 0.199. The van der Waals surface area contributed by atoms with Crippen LogP contribution >= 0.6 is 0 Å². The van der Waals surface area contributed by atoms with Crippen molar-refractivity contribution in [1.29, 1.82) is 0 Å². The summed E-state index contributed by atoms with van der Waals surface area (Å²) < 4.78 is 11.3. The van der Waals surface area contributed by atoms with Crippen molar-refractivity contribution >= 4 is 11.6 Å². The zero-order chi connectivity index (χ0) is 19.6. The number of guanidine groups is 1. The zero-order valence-electron chi connectivity index (χ0n) is 17.5. The summed E-state index contributed by atoms with van der Waals surface area (Å²) in [5.41, 5.74) is 2.61. The Morgan fingerprint density at radius 3 is 2.93 bits per heavy atom. The van der Waals surface area contributed by atoms with Crippen LogP contribution in [0.25, 0.3) is 0 Å². The highest BCUT2D eigenvalue weighted by Crippen LogP contribution is 2.23. The van der Waals surface area contributed by atoms with E-state index in [0.717, 1.165) is 51.6 Å². The number of benzene rings is 1. The van der Waals surface area contributed by atoms with Gasteiger partial charge in [-0.2, -0.15) is 0 Å². The molecule has 0 aromatic heterocycles. The highest BCUT2D eigenvalue weighted by atomic mass is 16.5. The molecular weight excluding hydrogens is 352 g/mol. The molecule has 1 aromatic carbocycles. The maximum absolute atomic E-state index is 5.72. The summed E-state index contributed by atoms with van der Waals surface area (Å²) in [5, 5.41) is 6.88. The molecule has 28 heavy (non-hydrogen) atoms. The summed E-state index contributed by atoms with van der Waals surface area (Å²) in [5.74, 6) is 0.832. The summed E-state index contributed by atoms with van der Waals surface area (Å²) >= 11 is 0. The van der Waals surface area contributed by atoms with Crippen molar-refractivity contribution in [2.75, 3.05) is 51.4 Å². The van der Waals surface area contributed by atoms with Crippen LogP contribution < -0.4 is 15.5 Å². The van der Waals surface area contributed by atoms with Crippen LogP contribution in [-0.4, -0.2) is 58.6 Å². The second-order valence-corrected chi connectivity index (χ2v) is 7.72. The van der Waals surface area contributed by atoms with Gasteiger partial charge in [0.2, 0.25) is 0 Å². The largest absolute Gasteiger partial charge is 0.379 e. The highest BCUT2D eigenvalue weighted by molar-refractivity contribution is 5.80. The second-order valence-electron chi connectivity index (χ2n) is 7.72. The fraction of sp³-hybridized carbons (Fsp3) is 0.682. The van der Waals surface area contributed by atoms with E-state index in [9.17, 15) is 0 Å². The minimum Gasteiger partial charge on any atom is -0.379 e. The summed E-state index contributed by atoms with van der Waals surface area (Å²) in [7, 11) is 1.82. The van der Waals surface area contributed by atoms with E-state index in [2.05, 4.69) is 51.7 Å². The molecule has 0 radical (unpaired) electrons. The number of ether oxygens (including phenoxy) is 2. The SMILES string of the molecule is CN=C(NCCCOCC1CCCO1)NC(C)c1cccc(N2CCCC2)c1. The molecular formula is C22H36N4O2. The Labute approximate surface area is 169 Å². The van der Waals surface area contributed by atoms with E-state index in [1.54, 1.807) is 0 Å². The zero-order valence-corrected chi connectivity index (χ0v) is 17.5. The molecule has 2 aliphatic rings. The highest BCUT2D eigenvalue weighted by Gasteiger charge is 2.16. The first kappa shape index (κ1) is 20.9. The predicted molar refractivity (Wildman–Crippen MR) is 115 cm³/mol. The lowest BCUT2D eigenvalue weighted by atomic mass is 10.1. The Morgan fingerprint density at radius 1 is 1.32 bits per heavy atom. The summed E-state index contributed by atoms with van der Waals surface area (Å²) in [6.07, 6.45) is 6.15. The quantitative estimate of drug-likeness (QED) is 0.387. The molecule has 6 nitrogen and oxygen atoms in total. The van der Waals surface area contributed by atoms with E-state index >= 15 is 0 Å². The van der Waals surface area contributed by atoms with E-state index in [1.807, 2.05) is 7.05 Å². The monoisotopic (exact) mass is 388 g/mol. The first-order valence-corrected chi connectivity index (χ1v) is 10.8. The molecule has 0 aliphatic carbocycles. The third-order valence-electron chi connectivity index (χ3n) is 5.50. The average molecular weight is 389 g/mol. The van der Waals surface area contributed by atoms with E-state index < -0.39 is 0 Å². The number of nitrogens with one attached hydrogen (secondary N) is 2. The lowest BCUT2D eigenvalue weighted by Gasteiger charge is -2.22. The molecule has 2 unspecified atom stereocenters. The smallest absolute Gasteiger partial charge is 0.191 e. The van der Waals surface area contributed by atoms with Gasteiger partial charge in [0, 0.05) is 45.6 Å². The van der Waals surface area contributed by atoms with Gasteiger partial charge in [-0.05, 0) is 56.7 Å². The third-order valence-corrected chi connectivity index (χ3v) is 5.50. The standard InChI is InChI=1S/C22H36N4O2/c1-18(19-8-5-9-20(16-19)26-12-3-4-13-26)25-22(23-2)24-11-7-14-27-17-21-10-6-15-28-21/h5,8-9,16,18,21H,3-4,6-7,10-15,17H2,1-2H3,(H2,23,24,25). The fourth-order valence-corrected chi connectivity index (χ4v) is 3.82. The van der Waals surface area contributed by atoms with E-state index in [-0.39, 0.29) is 6.04 Å². The maximum Gasteiger partial charge on any atom is 0.191 e. The molecule has 0 bridgehead atoms. The first-order valence-electron chi connectivity index (χ1n) is 10.8. The third kappa shape index (κ3) is 6.38. The Bertz CT molecular complexity index is 610. The van der Waals surface area contributed by atoms with E-state index in [1.165, 1.54) is 37.2 Å². The van der Waals surface area contributed by atoms with E-state index in [0.29, 0.717) is 6.10 Å². The van der Waals surface area contributed by atoms with Gasteiger partial charge in [-0.15, -0.1) is 0 Å². The molecule has 2 atom stereocenters. The molecule has 2 fully saturated rings. The topological polar surface area (TPSA) is 58.1 Å². The molecule has 6 heteroatoms. The Morgan fingerprint density at radius 2 is 2.18 bits per heavy atom. The molecule has 2 saturated heterocycles. The molecule has 0 amide bonds. The molecule has 0 saturated carbocycles. The van der Waals surface area contributed by atoms with Crippen LogP contribution in [0.15, 0.2) is 29.3 Å². The average Bonchev–Trinajstić information content (AvgIpc) is 3.44.